The van der Waals surface area contributed by atoms with Crippen molar-refractivity contribution < 1.29 is 0 Å². The van der Waals surface area contributed by atoms with Crippen molar-refractivity contribution in [3.8, 4) is 22.4 Å². The standard InChI is InChI=1S/C17H13ClN2O/c1-20-17(21)11-10-16(19-20)14-4-2-12(3-5-14)13-6-8-15(18)9-7-13/h2-11H,1H3. The molecular formula is C17H13ClN2O. The zero-order chi connectivity index (χ0) is 14.8. The van der Waals surface area contributed by atoms with Gasteiger partial charge in [0, 0.05) is 23.7 Å². The van der Waals surface area contributed by atoms with E-state index in [0.717, 1.165) is 27.4 Å². The van der Waals surface area contributed by atoms with Gasteiger partial charge in [0.25, 0.3) is 5.56 Å². The highest BCUT2D eigenvalue weighted by Gasteiger charge is 2.03. The summed E-state index contributed by atoms with van der Waals surface area (Å²) in [4.78, 5) is 11.4. The summed E-state index contributed by atoms with van der Waals surface area (Å²) in [6.45, 7) is 0. The van der Waals surface area contributed by atoms with Gasteiger partial charge >= 0.3 is 0 Å². The van der Waals surface area contributed by atoms with Gasteiger partial charge in [-0.3, -0.25) is 4.79 Å². The average molecular weight is 297 g/mol. The first kappa shape index (κ1) is 13.6. The maximum absolute atomic E-state index is 11.4. The van der Waals surface area contributed by atoms with Crippen molar-refractivity contribution in [2.45, 2.75) is 0 Å². The molecule has 1 aromatic heterocycles. The summed E-state index contributed by atoms with van der Waals surface area (Å²) in [6, 6.07) is 19.0. The number of aromatic nitrogens is 2. The van der Waals surface area contributed by atoms with E-state index in [2.05, 4.69) is 5.10 Å². The monoisotopic (exact) mass is 296 g/mol. The third kappa shape index (κ3) is 2.88. The summed E-state index contributed by atoms with van der Waals surface area (Å²) in [6.07, 6.45) is 0. The number of hydrogen-bond acceptors (Lipinski definition) is 2. The summed E-state index contributed by atoms with van der Waals surface area (Å²) < 4.78 is 1.34. The highest BCUT2D eigenvalue weighted by atomic mass is 35.5. The SMILES string of the molecule is Cn1nc(-c2ccc(-c3ccc(Cl)cc3)cc2)ccc1=O. The van der Waals surface area contributed by atoms with Crippen LogP contribution in [0.25, 0.3) is 22.4 Å². The average Bonchev–Trinajstić information content (AvgIpc) is 2.51. The largest absolute Gasteiger partial charge is 0.268 e. The molecular weight excluding hydrogens is 284 g/mol. The topological polar surface area (TPSA) is 34.9 Å². The van der Waals surface area contributed by atoms with Crippen LogP contribution in [0.2, 0.25) is 5.02 Å². The lowest BCUT2D eigenvalue weighted by atomic mass is 10.0. The predicted octanol–water partition coefficient (Wildman–Crippen LogP) is 3.77. The molecule has 2 aromatic carbocycles. The smallest absolute Gasteiger partial charge is 0.266 e. The Bertz CT molecular complexity index is 821. The molecule has 0 amide bonds. The molecule has 0 spiro atoms. The third-order valence-corrected chi connectivity index (χ3v) is 3.57. The Morgan fingerprint density at radius 1 is 0.810 bits per heavy atom. The summed E-state index contributed by atoms with van der Waals surface area (Å²) in [5, 5.41) is 4.97. The molecule has 3 nitrogen and oxygen atoms in total. The third-order valence-electron chi connectivity index (χ3n) is 3.32. The maximum atomic E-state index is 11.4. The second-order valence-corrected chi connectivity index (χ2v) is 5.20. The molecule has 3 rings (SSSR count). The summed E-state index contributed by atoms with van der Waals surface area (Å²) in [7, 11) is 1.65. The lowest BCUT2D eigenvalue weighted by Crippen LogP contribution is -2.18. The fourth-order valence-corrected chi connectivity index (χ4v) is 2.26. The normalized spacial score (nSPS) is 10.6. The molecule has 0 atom stereocenters. The van der Waals surface area contributed by atoms with Crippen molar-refractivity contribution >= 4 is 11.6 Å². The molecule has 0 unspecified atom stereocenters. The van der Waals surface area contributed by atoms with Gasteiger partial charge in [-0.25, -0.2) is 4.68 Å². The first-order valence-corrected chi connectivity index (χ1v) is 6.92. The molecule has 3 aromatic rings. The molecule has 0 aliphatic carbocycles. The van der Waals surface area contributed by atoms with Gasteiger partial charge in [-0.2, -0.15) is 5.10 Å². The Kier molecular flexibility index (Phi) is 3.59. The van der Waals surface area contributed by atoms with Crippen molar-refractivity contribution in [3.05, 3.63) is 76.0 Å². The highest BCUT2D eigenvalue weighted by Crippen LogP contribution is 2.24. The van der Waals surface area contributed by atoms with E-state index in [9.17, 15) is 4.79 Å². The van der Waals surface area contributed by atoms with E-state index in [-0.39, 0.29) is 5.56 Å². The fourth-order valence-electron chi connectivity index (χ4n) is 2.13. The van der Waals surface area contributed by atoms with Crippen LogP contribution in [-0.4, -0.2) is 9.78 Å². The predicted molar refractivity (Wildman–Crippen MR) is 85.4 cm³/mol. The first-order valence-electron chi connectivity index (χ1n) is 6.54. The van der Waals surface area contributed by atoms with Gasteiger partial charge in [0.05, 0.1) is 5.69 Å². The minimum Gasteiger partial charge on any atom is -0.268 e. The minimum absolute atomic E-state index is 0.114. The molecule has 1 heterocycles. The molecule has 0 saturated carbocycles. The number of nitrogens with zero attached hydrogens (tertiary/aromatic N) is 2. The summed E-state index contributed by atoms with van der Waals surface area (Å²) in [5.74, 6) is 0. The van der Waals surface area contributed by atoms with Gasteiger partial charge < -0.3 is 0 Å². The van der Waals surface area contributed by atoms with E-state index in [0.29, 0.717) is 0 Å². The molecule has 21 heavy (non-hydrogen) atoms. The fraction of sp³-hybridized carbons (Fsp3) is 0.0588. The number of aryl methyl sites for hydroxylation is 1. The highest BCUT2D eigenvalue weighted by molar-refractivity contribution is 6.30. The number of hydrogen-bond donors (Lipinski definition) is 0. The molecule has 0 aliphatic heterocycles. The van der Waals surface area contributed by atoms with Crippen LogP contribution in [0.15, 0.2) is 65.5 Å². The van der Waals surface area contributed by atoms with Crippen LogP contribution in [-0.2, 0) is 7.05 Å². The van der Waals surface area contributed by atoms with Gasteiger partial charge in [-0.15, -0.1) is 0 Å². The van der Waals surface area contributed by atoms with Gasteiger partial charge in [-0.1, -0.05) is 48.0 Å². The quantitative estimate of drug-likeness (QED) is 0.721. The molecule has 0 N–H and O–H groups in total. The van der Waals surface area contributed by atoms with Gasteiger partial charge in [-0.05, 0) is 29.3 Å². The Hall–Kier alpha value is -2.39. The summed E-state index contributed by atoms with van der Waals surface area (Å²) >= 11 is 5.90. The Morgan fingerprint density at radius 2 is 1.33 bits per heavy atom. The van der Waals surface area contributed by atoms with E-state index < -0.39 is 0 Å². The minimum atomic E-state index is -0.114. The van der Waals surface area contributed by atoms with E-state index in [1.165, 1.54) is 10.7 Å². The molecule has 0 radical (unpaired) electrons. The molecule has 0 aliphatic rings. The second-order valence-electron chi connectivity index (χ2n) is 4.76. The summed E-state index contributed by atoms with van der Waals surface area (Å²) in [5.41, 5.74) is 3.86. The second kappa shape index (κ2) is 5.54. The van der Waals surface area contributed by atoms with Crippen LogP contribution in [0.1, 0.15) is 0 Å². The molecule has 104 valence electrons. The van der Waals surface area contributed by atoms with Crippen LogP contribution in [0.5, 0.6) is 0 Å². The lowest BCUT2D eigenvalue weighted by Gasteiger charge is -2.05. The number of benzene rings is 2. The van der Waals surface area contributed by atoms with Crippen molar-refractivity contribution in [3.63, 3.8) is 0 Å². The van der Waals surface area contributed by atoms with Gasteiger partial charge in [0.1, 0.15) is 0 Å². The lowest BCUT2D eigenvalue weighted by molar-refractivity contribution is 0.712. The van der Waals surface area contributed by atoms with Crippen molar-refractivity contribution in [1.29, 1.82) is 0 Å². The first-order chi connectivity index (χ1) is 10.1. The number of halogens is 1. The molecule has 0 fully saturated rings. The Balaban J connectivity index is 1.95. The molecule has 0 bridgehead atoms. The van der Waals surface area contributed by atoms with E-state index in [1.807, 2.05) is 48.5 Å². The Morgan fingerprint density at radius 3 is 1.90 bits per heavy atom. The van der Waals surface area contributed by atoms with Crippen LogP contribution >= 0.6 is 11.6 Å². The molecule has 0 saturated heterocycles. The van der Waals surface area contributed by atoms with Gasteiger partial charge in [0.15, 0.2) is 0 Å². The zero-order valence-electron chi connectivity index (χ0n) is 11.5. The number of rotatable bonds is 2. The Labute approximate surface area is 127 Å². The zero-order valence-corrected chi connectivity index (χ0v) is 12.2. The van der Waals surface area contributed by atoms with Crippen LogP contribution in [0, 0.1) is 0 Å². The molecule has 4 heteroatoms. The van der Waals surface area contributed by atoms with Gasteiger partial charge in [0.2, 0.25) is 0 Å². The van der Waals surface area contributed by atoms with Crippen molar-refractivity contribution in [2.24, 2.45) is 7.05 Å². The van der Waals surface area contributed by atoms with Crippen LogP contribution in [0.4, 0.5) is 0 Å². The van der Waals surface area contributed by atoms with Crippen molar-refractivity contribution in [2.75, 3.05) is 0 Å². The van der Waals surface area contributed by atoms with E-state index in [1.54, 1.807) is 13.1 Å². The van der Waals surface area contributed by atoms with E-state index >= 15 is 0 Å². The van der Waals surface area contributed by atoms with Crippen LogP contribution < -0.4 is 5.56 Å². The van der Waals surface area contributed by atoms with Crippen molar-refractivity contribution in [1.82, 2.24) is 9.78 Å². The maximum Gasteiger partial charge on any atom is 0.266 e. The van der Waals surface area contributed by atoms with Crippen LogP contribution in [0.3, 0.4) is 0 Å². The van der Waals surface area contributed by atoms with E-state index in [4.69, 9.17) is 11.6 Å².